The fourth-order valence-corrected chi connectivity index (χ4v) is 12.2. The summed E-state index contributed by atoms with van der Waals surface area (Å²) in [7, 11) is 6.50. The van der Waals surface area contributed by atoms with Crippen molar-refractivity contribution in [1.29, 1.82) is 0 Å². The van der Waals surface area contributed by atoms with Crippen molar-refractivity contribution < 1.29 is 17.0 Å². The molecule has 2 aliphatic carbocycles. The van der Waals surface area contributed by atoms with E-state index in [4.69, 9.17) is 23.6 Å². The van der Waals surface area contributed by atoms with E-state index < -0.39 is 32.4 Å². The fraction of sp³-hybridized carbons (Fsp3) is 0.500. The number of fused-ring (bicyclic) bond motifs is 1. The molecule has 2 aliphatic rings. The molecule has 1 aromatic rings. The van der Waals surface area contributed by atoms with Crippen LogP contribution in [0, 0.1) is 32.1 Å². The van der Waals surface area contributed by atoms with Crippen LogP contribution in [0.1, 0.15) is 25.3 Å². The van der Waals surface area contributed by atoms with Crippen molar-refractivity contribution in [3.05, 3.63) is 65.7 Å². The van der Waals surface area contributed by atoms with Gasteiger partial charge in [-0.2, -0.15) is 0 Å². The Kier molecular flexibility index (Phi) is 10.3. The molecule has 0 heterocycles. The van der Waals surface area contributed by atoms with E-state index in [1.807, 2.05) is 0 Å². The Hall–Kier alpha value is 0.228. The molecule has 1 nitrogen and oxygen atoms in total. The van der Waals surface area contributed by atoms with Gasteiger partial charge in [0.15, 0.2) is 0 Å². The predicted octanol–water partition coefficient (Wildman–Crippen LogP) is 8.52. The Morgan fingerprint density at radius 2 is 1.68 bits per heavy atom. The Morgan fingerprint density at radius 1 is 1.07 bits per heavy atom. The van der Waals surface area contributed by atoms with E-state index in [-0.39, 0.29) is 7.43 Å². The van der Waals surface area contributed by atoms with Gasteiger partial charge in [-0.15, -0.1) is 5.69 Å². The van der Waals surface area contributed by atoms with Crippen LogP contribution < -0.4 is 0 Å². The van der Waals surface area contributed by atoms with E-state index in [0.29, 0.717) is 0 Å². The summed E-state index contributed by atoms with van der Waals surface area (Å²) in [4.78, 5) is 5.41. The minimum atomic E-state index is -1.71. The molecule has 0 aromatic heterocycles. The van der Waals surface area contributed by atoms with Crippen LogP contribution in [-0.2, 0) is 17.0 Å². The first-order chi connectivity index (χ1) is 12.6. The molecule has 0 aliphatic heterocycles. The molecular formula is C22H35Cl2NSi2Ti-2. The number of hydrogen-bond donors (Lipinski definition) is 0. The van der Waals surface area contributed by atoms with Crippen molar-refractivity contribution >= 4 is 39.6 Å². The number of nitrogens with zero attached hydrogens (tertiary/aromatic N) is 1. The van der Waals surface area contributed by atoms with Crippen molar-refractivity contribution in [2.24, 2.45) is 17.8 Å². The first-order valence-electron chi connectivity index (χ1n) is 9.77. The van der Waals surface area contributed by atoms with E-state index in [0.717, 1.165) is 17.8 Å². The van der Waals surface area contributed by atoms with Gasteiger partial charge in [-0.05, 0) is 45.3 Å². The van der Waals surface area contributed by atoms with Gasteiger partial charge in [-0.25, -0.2) is 0 Å². The Balaban J connectivity index is 0.000000921. The van der Waals surface area contributed by atoms with Crippen molar-refractivity contribution in [3.63, 3.8) is 0 Å². The zero-order valence-electron chi connectivity index (χ0n) is 18.4. The molecule has 3 atom stereocenters. The third-order valence-corrected chi connectivity index (χ3v) is 22.9. The fourth-order valence-electron chi connectivity index (χ4n) is 4.48. The summed E-state index contributed by atoms with van der Waals surface area (Å²) in [5, 5.41) is 1.80. The molecule has 156 valence electrons. The summed E-state index contributed by atoms with van der Waals surface area (Å²) in [5.74, 6) is 2.45. The normalized spacial score (nSPS) is 23.6. The van der Waals surface area contributed by atoms with Gasteiger partial charge in [-0.3, -0.25) is 0 Å². The van der Waals surface area contributed by atoms with E-state index in [2.05, 4.69) is 82.5 Å². The summed E-state index contributed by atoms with van der Waals surface area (Å²) in [5.41, 5.74) is 2.53. The summed E-state index contributed by atoms with van der Waals surface area (Å²) >= 11 is -0.556. The van der Waals surface area contributed by atoms with Crippen molar-refractivity contribution in [2.75, 3.05) is 0 Å². The van der Waals surface area contributed by atoms with Gasteiger partial charge in [-0.1, -0.05) is 86.4 Å². The van der Waals surface area contributed by atoms with E-state index >= 15 is 0 Å². The molecular weight excluding hydrogens is 453 g/mol. The van der Waals surface area contributed by atoms with Gasteiger partial charge in [0.2, 0.25) is 0 Å². The number of benzene rings is 1. The molecule has 0 radical (unpaired) electrons. The maximum atomic E-state index is 5.41. The molecule has 6 heteroatoms. The second-order valence-corrected chi connectivity index (χ2v) is 26.2. The number of aryl methyl sites for hydroxylation is 1. The van der Waals surface area contributed by atoms with Gasteiger partial charge in [0, 0.05) is 0 Å². The van der Waals surface area contributed by atoms with Gasteiger partial charge >= 0.3 is 35.6 Å². The topological polar surface area (TPSA) is 14.1 Å². The Morgan fingerprint density at radius 3 is 2.29 bits per heavy atom. The zero-order valence-corrected chi connectivity index (χ0v) is 23.5. The monoisotopic (exact) mass is 487 g/mol. The van der Waals surface area contributed by atoms with E-state index in [9.17, 15) is 0 Å². The molecule has 0 spiro atoms. The van der Waals surface area contributed by atoms with Crippen LogP contribution in [0.2, 0.25) is 26.2 Å². The summed E-state index contributed by atoms with van der Waals surface area (Å²) in [6.07, 6.45) is 10.1. The summed E-state index contributed by atoms with van der Waals surface area (Å²) in [6, 6.07) is 8.63. The summed E-state index contributed by atoms with van der Waals surface area (Å²) in [6.45, 7) is 14.8. The Labute approximate surface area is 191 Å². The number of hydrogen-bond acceptors (Lipinski definition) is 0. The molecule has 0 amide bonds. The third-order valence-electron chi connectivity index (χ3n) is 6.65. The molecule has 1 saturated carbocycles. The number of halogens is 2. The molecule has 0 N–H and O–H groups in total. The van der Waals surface area contributed by atoms with Gasteiger partial charge in [0.25, 0.3) is 0 Å². The average Bonchev–Trinajstić information content (AvgIpc) is 2.97. The standard InChI is InChI=1S/C21H32NSi2.CH3.2ClH.Ti/c1-16-14-18-11-9-13-21(19(18)15-16)23(3,4)24(5,6)22-20-12-8-7-10-17(20)2;;;;/h7-13,16,18-19H,14-15H2,1-6H3;1H3;2*1H;/q2*-1;;;+2/p-2. The summed E-state index contributed by atoms with van der Waals surface area (Å²) < 4.78 is 0. The zero-order chi connectivity index (χ0) is 20.2. The van der Waals surface area contributed by atoms with Crippen molar-refractivity contribution in [1.82, 2.24) is 0 Å². The van der Waals surface area contributed by atoms with Crippen LogP contribution in [0.25, 0.3) is 4.98 Å². The second-order valence-electron chi connectivity index (χ2n) is 9.01. The quantitative estimate of drug-likeness (QED) is 0.298. The van der Waals surface area contributed by atoms with Gasteiger partial charge in [0.1, 0.15) is 0 Å². The Bertz CT molecular complexity index is 704. The molecule has 0 bridgehead atoms. The van der Waals surface area contributed by atoms with Crippen LogP contribution in [0.5, 0.6) is 0 Å². The van der Waals surface area contributed by atoms with Crippen LogP contribution in [-0.4, -0.2) is 15.3 Å². The third kappa shape index (κ3) is 5.89. The number of allylic oxidation sites excluding steroid dienone is 4. The van der Waals surface area contributed by atoms with Gasteiger partial charge in [0.05, 0.1) is 7.59 Å². The van der Waals surface area contributed by atoms with Crippen LogP contribution in [0.15, 0.2) is 47.7 Å². The van der Waals surface area contributed by atoms with Crippen LogP contribution >= 0.6 is 18.6 Å². The van der Waals surface area contributed by atoms with Crippen molar-refractivity contribution in [3.8, 4) is 0 Å². The molecule has 1 fully saturated rings. The van der Waals surface area contributed by atoms with E-state index in [1.54, 1.807) is 5.20 Å². The second kappa shape index (κ2) is 11.0. The maximum absolute atomic E-state index is 5.41. The SMILES string of the molecule is Cc1ccccc1[N-][Si](C)(C)[Si](C)(C)C1=CC=CC2CC(C)CC12.[CH3-].[Cl][Ti][Cl]. The molecule has 28 heavy (non-hydrogen) atoms. The van der Waals surface area contributed by atoms with Gasteiger partial charge < -0.3 is 12.4 Å². The first kappa shape index (κ1) is 26.3. The molecule has 1 aromatic carbocycles. The van der Waals surface area contributed by atoms with Crippen molar-refractivity contribution in [2.45, 2.75) is 52.9 Å². The number of rotatable bonds is 4. The van der Waals surface area contributed by atoms with Crippen LogP contribution in [0.3, 0.4) is 0 Å². The first-order valence-corrected chi connectivity index (χ1v) is 21.0. The molecule has 3 unspecified atom stereocenters. The minimum absolute atomic E-state index is 0. The van der Waals surface area contributed by atoms with Crippen LogP contribution in [0.4, 0.5) is 5.69 Å². The average molecular weight is 488 g/mol. The van der Waals surface area contributed by atoms with E-state index in [1.165, 1.54) is 24.1 Å². The predicted molar refractivity (Wildman–Crippen MR) is 130 cm³/mol. The molecule has 3 rings (SSSR count). The molecule has 0 saturated heterocycles.